The molecule has 2 aromatic rings. The van der Waals surface area contributed by atoms with Crippen LogP contribution >= 0.6 is 11.6 Å². The molecule has 32 heavy (non-hydrogen) atoms. The molecule has 1 aliphatic heterocycles. The molecule has 1 aliphatic rings. The zero-order valence-corrected chi connectivity index (χ0v) is 19.3. The average Bonchev–Trinajstić information content (AvgIpc) is 2.79. The average molecular weight is 485 g/mol. The molecule has 1 N–H and O–H groups in total. The number of carbonyl (C=O) groups excluding carboxylic acids is 1. The lowest BCUT2D eigenvalue weighted by molar-refractivity contribution is -0.126. The minimum atomic E-state index is -3.74. The zero-order valence-electron chi connectivity index (χ0n) is 17.7. The Labute approximate surface area is 192 Å². The molecule has 174 valence electrons. The minimum Gasteiger partial charge on any atom is -0.493 e. The molecule has 10 heteroatoms. The lowest BCUT2D eigenvalue weighted by Crippen LogP contribution is -2.44. The first-order chi connectivity index (χ1) is 15.3. The summed E-state index contributed by atoms with van der Waals surface area (Å²) in [6.07, 6.45) is 0.785. The van der Waals surface area contributed by atoms with Crippen LogP contribution in [0.5, 0.6) is 11.5 Å². The van der Waals surface area contributed by atoms with E-state index in [0.717, 1.165) is 0 Å². The number of piperidine rings is 1. The van der Waals surface area contributed by atoms with E-state index in [1.54, 1.807) is 19.2 Å². The van der Waals surface area contributed by atoms with Crippen molar-refractivity contribution >= 4 is 27.5 Å². The van der Waals surface area contributed by atoms with Gasteiger partial charge < -0.3 is 14.8 Å². The molecule has 0 saturated carbocycles. The summed E-state index contributed by atoms with van der Waals surface area (Å²) in [7, 11) is -2.19. The molecule has 0 bridgehead atoms. The van der Waals surface area contributed by atoms with Crippen molar-refractivity contribution in [2.45, 2.75) is 18.6 Å². The topological polar surface area (TPSA) is 84.9 Å². The van der Waals surface area contributed by atoms with Gasteiger partial charge in [-0.1, -0.05) is 29.8 Å². The third-order valence-corrected chi connectivity index (χ3v) is 7.49. The van der Waals surface area contributed by atoms with Gasteiger partial charge in [0.25, 0.3) is 0 Å². The Morgan fingerprint density at radius 3 is 2.50 bits per heavy atom. The van der Waals surface area contributed by atoms with E-state index >= 15 is 0 Å². The number of carbonyl (C=O) groups is 1. The molecular formula is C22H26ClFN2O5S. The van der Waals surface area contributed by atoms with E-state index in [2.05, 4.69) is 5.32 Å². The number of hydrogen-bond donors (Lipinski definition) is 1. The first-order valence-corrected chi connectivity index (χ1v) is 12.2. The van der Waals surface area contributed by atoms with E-state index < -0.39 is 21.6 Å². The highest BCUT2D eigenvalue weighted by molar-refractivity contribution is 7.88. The van der Waals surface area contributed by atoms with Gasteiger partial charge in [0.2, 0.25) is 15.9 Å². The molecule has 2 aromatic carbocycles. The molecule has 7 nitrogen and oxygen atoms in total. The van der Waals surface area contributed by atoms with E-state index in [0.29, 0.717) is 30.9 Å². The van der Waals surface area contributed by atoms with Crippen LogP contribution in [0.3, 0.4) is 0 Å². The molecular weight excluding hydrogens is 459 g/mol. The summed E-state index contributed by atoms with van der Waals surface area (Å²) in [6.45, 7) is 0.998. The molecule has 0 atom stereocenters. The maximum atomic E-state index is 14.0. The Bertz CT molecular complexity index is 1020. The third kappa shape index (κ3) is 6.11. The SMILES string of the molecule is COc1ccccc1OCCNC(=O)C1CCN(S(=O)(=O)Cc2c(F)cccc2Cl)CC1. The Balaban J connectivity index is 1.45. The molecule has 0 spiro atoms. The second-order valence-corrected chi connectivity index (χ2v) is 9.80. The standard InChI is InChI=1S/C22H26ClFN2O5S/c1-30-20-7-2-3-8-21(20)31-14-11-25-22(27)16-9-12-26(13-10-16)32(28,29)15-17-18(23)5-4-6-19(17)24/h2-8,16H,9-15H2,1H3,(H,25,27). The van der Waals surface area contributed by atoms with E-state index in [1.165, 1.54) is 22.5 Å². The third-order valence-electron chi connectivity index (χ3n) is 5.33. The van der Waals surface area contributed by atoms with Crippen molar-refractivity contribution in [3.8, 4) is 11.5 Å². The van der Waals surface area contributed by atoms with Crippen molar-refractivity contribution in [1.29, 1.82) is 0 Å². The van der Waals surface area contributed by atoms with Crippen LogP contribution in [0.15, 0.2) is 42.5 Å². The van der Waals surface area contributed by atoms with Crippen molar-refractivity contribution < 1.29 is 27.1 Å². The van der Waals surface area contributed by atoms with Gasteiger partial charge in [0.05, 0.1) is 19.4 Å². The number of halogens is 2. The summed E-state index contributed by atoms with van der Waals surface area (Å²) in [5, 5.41) is 2.91. The molecule has 1 fully saturated rings. The highest BCUT2D eigenvalue weighted by atomic mass is 35.5. The molecule has 0 aromatic heterocycles. The molecule has 0 aliphatic carbocycles. The van der Waals surface area contributed by atoms with Gasteiger partial charge in [-0.05, 0) is 37.1 Å². The number of nitrogens with one attached hydrogen (secondary N) is 1. The quantitative estimate of drug-likeness (QED) is 0.552. The number of benzene rings is 2. The first kappa shape index (κ1) is 24.3. The lowest BCUT2D eigenvalue weighted by atomic mass is 9.97. The van der Waals surface area contributed by atoms with Crippen LogP contribution in [0.2, 0.25) is 5.02 Å². The van der Waals surface area contributed by atoms with Gasteiger partial charge in [0.1, 0.15) is 12.4 Å². The molecule has 3 rings (SSSR count). The van der Waals surface area contributed by atoms with Crippen molar-refractivity contribution in [2.24, 2.45) is 5.92 Å². The number of nitrogens with zero attached hydrogens (tertiary/aromatic N) is 1. The second-order valence-electron chi connectivity index (χ2n) is 7.42. The fraction of sp³-hybridized carbons (Fsp3) is 0.409. The van der Waals surface area contributed by atoms with Gasteiger partial charge in [0.15, 0.2) is 11.5 Å². The monoisotopic (exact) mass is 484 g/mol. The summed E-state index contributed by atoms with van der Waals surface area (Å²) < 4.78 is 51.5. The van der Waals surface area contributed by atoms with Crippen molar-refractivity contribution in [3.05, 3.63) is 58.9 Å². The second kappa shape index (κ2) is 11.0. The van der Waals surface area contributed by atoms with Crippen LogP contribution < -0.4 is 14.8 Å². The smallest absolute Gasteiger partial charge is 0.223 e. The van der Waals surface area contributed by atoms with Crippen LogP contribution in [0, 0.1) is 11.7 Å². The number of methoxy groups -OCH3 is 1. The van der Waals surface area contributed by atoms with Gasteiger partial charge in [-0.3, -0.25) is 4.79 Å². The Hall–Kier alpha value is -2.36. The highest BCUT2D eigenvalue weighted by Crippen LogP contribution is 2.27. The number of sulfonamides is 1. The van der Waals surface area contributed by atoms with Crippen LogP contribution in [0.1, 0.15) is 18.4 Å². The zero-order chi connectivity index (χ0) is 23.1. The first-order valence-electron chi connectivity index (χ1n) is 10.3. The molecule has 1 saturated heterocycles. The lowest BCUT2D eigenvalue weighted by Gasteiger charge is -2.30. The maximum Gasteiger partial charge on any atom is 0.223 e. The summed E-state index contributed by atoms with van der Waals surface area (Å²) in [5.41, 5.74) is -0.0379. The van der Waals surface area contributed by atoms with Crippen molar-refractivity contribution in [1.82, 2.24) is 9.62 Å². The van der Waals surface area contributed by atoms with Crippen molar-refractivity contribution in [2.75, 3.05) is 33.4 Å². The fourth-order valence-electron chi connectivity index (χ4n) is 3.56. The van der Waals surface area contributed by atoms with Crippen LogP contribution in [-0.4, -0.2) is 52.0 Å². The molecule has 0 radical (unpaired) electrons. The van der Waals surface area contributed by atoms with E-state index in [1.807, 2.05) is 12.1 Å². The molecule has 1 heterocycles. The number of amides is 1. The van der Waals surface area contributed by atoms with Gasteiger partial charge >= 0.3 is 0 Å². The predicted octanol–water partition coefficient (Wildman–Crippen LogP) is 3.22. The normalized spacial score (nSPS) is 15.3. The number of ether oxygens (including phenoxy) is 2. The van der Waals surface area contributed by atoms with Gasteiger partial charge in [-0.15, -0.1) is 0 Å². The van der Waals surface area contributed by atoms with Gasteiger partial charge in [-0.2, -0.15) is 0 Å². The number of para-hydroxylation sites is 2. The van der Waals surface area contributed by atoms with Crippen LogP contribution in [0.4, 0.5) is 4.39 Å². The van der Waals surface area contributed by atoms with Crippen LogP contribution in [-0.2, 0) is 20.6 Å². The van der Waals surface area contributed by atoms with E-state index in [4.69, 9.17) is 21.1 Å². The molecule has 0 unspecified atom stereocenters. The van der Waals surface area contributed by atoms with E-state index in [9.17, 15) is 17.6 Å². The van der Waals surface area contributed by atoms with Crippen molar-refractivity contribution in [3.63, 3.8) is 0 Å². The summed E-state index contributed by atoms with van der Waals surface area (Å²) in [6, 6.07) is 11.3. The Morgan fingerprint density at radius 1 is 1.16 bits per heavy atom. The van der Waals surface area contributed by atoms with Crippen LogP contribution in [0.25, 0.3) is 0 Å². The number of hydrogen-bond acceptors (Lipinski definition) is 5. The number of rotatable bonds is 9. The predicted molar refractivity (Wildman–Crippen MR) is 120 cm³/mol. The largest absolute Gasteiger partial charge is 0.493 e. The van der Waals surface area contributed by atoms with Gasteiger partial charge in [-0.25, -0.2) is 17.1 Å². The highest BCUT2D eigenvalue weighted by Gasteiger charge is 2.32. The summed E-state index contributed by atoms with van der Waals surface area (Å²) in [4.78, 5) is 12.4. The minimum absolute atomic E-state index is 0.0379. The molecule has 1 amide bonds. The van der Waals surface area contributed by atoms with Gasteiger partial charge in [0, 0.05) is 29.6 Å². The summed E-state index contributed by atoms with van der Waals surface area (Å²) in [5.74, 6) is -0.365. The fourth-order valence-corrected chi connectivity index (χ4v) is 5.47. The maximum absolute atomic E-state index is 14.0. The van der Waals surface area contributed by atoms with E-state index in [-0.39, 0.29) is 42.1 Å². The Kier molecular flexibility index (Phi) is 8.33. The Morgan fingerprint density at radius 2 is 1.84 bits per heavy atom. The summed E-state index contributed by atoms with van der Waals surface area (Å²) >= 11 is 5.96.